The highest BCUT2D eigenvalue weighted by atomic mass is 16.3. The van der Waals surface area contributed by atoms with Gasteiger partial charge < -0.3 is 10.0 Å². The lowest BCUT2D eigenvalue weighted by Crippen LogP contribution is -2.39. The summed E-state index contributed by atoms with van der Waals surface area (Å²) in [5.41, 5.74) is 0.00115. The van der Waals surface area contributed by atoms with Gasteiger partial charge >= 0.3 is 0 Å². The standard InChI is InChI=1S/C11H25NO/c1-6-8-12(7-2)9-10(13)11(3,4)5/h10,13H,6-9H2,1-5H3. The third kappa shape index (κ3) is 5.27. The molecular weight excluding hydrogens is 162 g/mol. The van der Waals surface area contributed by atoms with Crippen LogP contribution in [-0.4, -0.2) is 35.7 Å². The molecule has 0 saturated heterocycles. The first-order chi connectivity index (χ1) is 5.91. The Balaban J connectivity index is 3.93. The van der Waals surface area contributed by atoms with Crippen molar-refractivity contribution < 1.29 is 5.11 Å². The first-order valence-corrected chi connectivity index (χ1v) is 5.32. The summed E-state index contributed by atoms with van der Waals surface area (Å²) in [6, 6.07) is 0. The molecule has 80 valence electrons. The van der Waals surface area contributed by atoms with Crippen molar-refractivity contribution in [3.05, 3.63) is 0 Å². The average molecular weight is 187 g/mol. The van der Waals surface area contributed by atoms with Crippen LogP contribution < -0.4 is 0 Å². The molecule has 0 aromatic heterocycles. The molecule has 0 amide bonds. The fraction of sp³-hybridized carbons (Fsp3) is 1.00. The van der Waals surface area contributed by atoms with Crippen LogP contribution in [0.3, 0.4) is 0 Å². The molecule has 0 fully saturated rings. The number of rotatable bonds is 5. The Morgan fingerprint density at radius 1 is 1.23 bits per heavy atom. The number of nitrogens with zero attached hydrogens (tertiary/aromatic N) is 1. The molecule has 0 spiro atoms. The fourth-order valence-corrected chi connectivity index (χ4v) is 1.21. The van der Waals surface area contributed by atoms with Crippen LogP contribution in [0.25, 0.3) is 0 Å². The summed E-state index contributed by atoms with van der Waals surface area (Å²) in [7, 11) is 0. The quantitative estimate of drug-likeness (QED) is 0.712. The maximum Gasteiger partial charge on any atom is 0.0715 e. The van der Waals surface area contributed by atoms with Crippen molar-refractivity contribution in [1.82, 2.24) is 4.90 Å². The molecule has 0 aliphatic carbocycles. The molecule has 0 aliphatic heterocycles. The highest BCUT2D eigenvalue weighted by Gasteiger charge is 2.23. The van der Waals surface area contributed by atoms with E-state index in [0.717, 1.165) is 26.1 Å². The molecule has 1 N–H and O–H groups in total. The molecule has 1 unspecified atom stereocenters. The zero-order chi connectivity index (χ0) is 10.5. The van der Waals surface area contributed by atoms with Crippen LogP contribution in [0.2, 0.25) is 0 Å². The van der Waals surface area contributed by atoms with Crippen molar-refractivity contribution in [3.63, 3.8) is 0 Å². The Kier molecular flexibility index (Phi) is 5.57. The monoisotopic (exact) mass is 187 g/mol. The summed E-state index contributed by atoms with van der Waals surface area (Å²) in [5.74, 6) is 0. The van der Waals surface area contributed by atoms with Crippen molar-refractivity contribution in [3.8, 4) is 0 Å². The zero-order valence-corrected chi connectivity index (χ0v) is 9.80. The Labute approximate surface area is 82.9 Å². The zero-order valence-electron chi connectivity index (χ0n) is 9.80. The largest absolute Gasteiger partial charge is 0.391 e. The van der Waals surface area contributed by atoms with Gasteiger partial charge in [-0.3, -0.25) is 0 Å². The van der Waals surface area contributed by atoms with Gasteiger partial charge in [0.2, 0.25) is 0 Å². The second-order valence-corrected chi connectivity index (χ2v) is 4.78. The third-order valence-electron chi connectivity index (χ3n) is 2.42. The number of aliphatic hydroxyl groups excluding tert-OH is 1. The van der Waals surface area contributed by atoms with Gasteiger partial charge in [0, 0.05) is 6.54 Å². The number of hydrogen-bond acceptors (Lipinski definition) is 2. The smallest absolute Gasteiger partial charge is 0.0715 e. The summed E-state index contributed by atoms with van der Waals surface area (Å²) < 4.78 is 0. The van der Waals surface area contributed by atoms with E-state index in [0.29, 0.717) is 0 Å². The summed E-state index contributed by atoms with van der Waals surface area (Å²) >= 11 is 0. The van der Waals surface area contributed by atoms with Crippen molar-refractivity contribution in [2.75, 3.05) is 19.6 Å². The SMILES string of the molecule is CCCN(CC)CC(O)C(C)(C)C. The second kappa shape index (κ2) is 5.61. The van der Waals surface area contributed by atoms with Crippen molar-refractivity contribution in [2.45, 2.75) is 47.1 Å². The minimum Gasteiger partial charge on any atom is -0.391 e. The highest BCUT2D eigenvalue weighted by molar-refractivity contribution is 4.75. The number of aliphatic hydroxyl groups is 1. The first kappa shape index (κ1) is 12.9. The predicted octanol–water partition coefficient (Wildman–Crippen LogP) is 2.13. The van der Waals surface area contributed by atoms with Crippen molar-refractivity contribution in [1.29, 1.82) is 0 Å². The molecule has 2 heteroatoms. The topological polar surface area (TPSA) is 23.5 Å². The molecule has 0 aromatic carbocycles. The van der Waals surface area contributed by atoms with Crippen LogP contribution in [0.4, 0.5) is 0 Å². The normalized spacial score (nSPS) is 15.0. The molecule has 0 heterocycles. The lowest BCUT2D eigenvalue weighted by molar-refractivity contribution is 0.0297. The molecule has 0 radical (unpaired) electrons. The first-order valence-electron chi connectivity index (χ1n) is 5.32. The maximum absolute atomic E-state index is 9.87. The van der Waals surface area contributed by atoms with Crippen LogP contribution in [0.5, 0.6) is 0 Å². The van der Waals surface area contributed by atoms with E-state index in [1.807, 2.05) is 0 Å². The minimum absolute atomic E-state index is 0.00115. The van der Waals surface area contributed by atoms with Crippen LogP contribution in [0, 0.1) is 5.41 Å². The Morgan fingerprint density at radius 2 is 1.77 bits per heavy atom. The van der Waals surface area contributed by atoms with Gasteiger partial charge in [-0.25, -0.2) is 0 Å². The van der Waals surface area contributed by atoms with Gasteiger partial charge in [-0.15, -0.1) is 0 Å². The number of hydrogen-bond donors (Lipinski definition) is 1. The van der Waals surface area contributed by atoms with E-state index in [-0.39, 0.29) is 11.5 Å². The van der Waals surface area contributed by atoms with Gasteiger partial charge in [-0.2, -0.15) is 0 Å². The molecule has 0 aromatic rings. The van der Waals surface area contributed by atoms with E-state index in [1.165, 1.54) is 0 Å². The molecule has 13 heavy (non-hydrogen) atoms. The summed E-state index contributed by atoms with van der Waals surface area (Å²) in [6.45, 7) is 13.5. The fourth-order valence-electron chi connectivity index (χ4n) is 1.21. The summed E-state index contributed by atoms with van der Waals surface area (Å²) in [5, 5.41) is 9.87. The van der Waals surface area contributed by atoms with Crippen LogP contribution in [-0.2, 0) is 0 Å². The minimum atomic E-state index is -0.223. The molecule has 0 aliphatic rings. The maximum atomic E-state index is 9.87. The molecule has 0 bridgehead atoms. The molecule has 0 saturated carbocycles. The van der Waals surface area contributed by atoms with E-state index in [1.54, 1.807) is 0 Å². The average Bonchev–Trinajstić information content (AvgIpc) is 2.01. The van der Waals surface area contributed by atoms with E-state index in [4.69, 9.17) is 0 Å². The third-order valence-corrected chi connectivity index (χ3v) is 2.42. The Bertz CT molecular complexity index is 129. The van der Waals surface area contributed by atoms with Crippen molar-refractivity contribution >= 4 is 0 Å². The molecular formula is C11H25NO. The molecule has 2 nitrogen and oxygen atoms in total. The van der Waals surface area contributed by atoms with E-state index in [2.05, 4.69) is 39.5 Å². The van der Waals surface area contributed by atoms with Gasteiger partial charge in [0.25, 0.3) is 0 Å². The van der Waals surface area contributed by atoms with Gasteiger partial charge in [-0.05, 0) is 24.9 Å². The van der Waals surface area contributed by atoms with Crippen LogP contribution >= 0.6 is 0 Å². The second-order valence-electron chi connectivity index (χ2n) is 4.78. The highest BCUT2D eigenvalue weighted by Crippen LogP contribution is 2.19. The van der Waals surface area contributed by atoms with E-state index >= 15 is 0 Å². The lowest BCUT2D eigenvalue weighted by atomic mass is 9.89. The molecule has 0 rings (SSSR count). The Morgan fingerprint density at radius 3 is 2.08 bits per heavy atom. The van der Waals surface area contributed by atoms with E-state index < -0.39 is 0 Å². The van der Waals surface area contributed by atoms with Gasteiger partial charge in [-0.1, -0.05) is 34.6 Å². The predicted molar refractivity (Wildman–Crippen MR) is 57.9 cm³/mol. The van der Waals surface area contributed by atoms with Gasteiger partial charge in [0.05, 0.1) is 6.10 Å². The van der Waals surface area contributed by atoms with Crippen LogP contribution in [0.1, 0.15) is 41.0 Å². The molecule has 1 atom stereocenters. The summed E-state index contributed by atoms with van der Waals surface area (Å²) in [6.07, 6.45) is 0.934. The summed E-state index contributed by atoms with van der Waals surface area (Å²) in [4.78, 5) is 2.30. The van der Waals surface area contributed by atoms with Crippen molar-refractivity contribution in [2.24, 2.45) is 5.41 Å². The van der Waals surface area contributed by atoms with Gasteiger partial charge in [0.1, 0.15) is 0 Å². The van der Waals surface area contributed by atoms with Crippen LogP contribution in [0.15, 0.2) is 0 Å². The van der Waals surface area contributed by atoms with Gasteiger partial charge in [0.15, 0.2) is 0 Å². The lowest BCUT2D eigenvalue weighted by Gasteiger charge is -2.31. The Hall–Kier alpha value is -0.0800. The number of likely N-dealkylation sites (N-methyl/N-ethyl adjacent to an activating group) is 1. The van der Waals surface area contributed by atoms with E-state index in [9.17, 15) is 5.11 Å².